The zero-order chi connectivity index (χ0) is 14.8. The first kappa shape index (κ1) is 14.2. The van der Waals surface area contributed by atoms with E-state index in [1.54, 1.807) is 38.1 Å². The van der Waals surface area contributed by atoms with E-state index >= 15 is 0 Å². The van der Waals surface area contributed by atoms with E-state index in [1.807, 2.05) is 0 Å². The minimum absolute atomic E-state index is 0.191. The van der Waals surface area contributed by atoms with Crippen molar-refractivity contribution in [2.24, 2.45) is 5.41 Å². The summed E-state index contributed by atoms with van der Waals surface area (Å²) in [5.41, 5.74) is -0.420. The summed E-state index contributed by atoms with van der Waals surface area (Å²) in [4.78, 5) is 23.2. The van der Waals surface area contributed by atoms with Gasteiger partial charge in [-0.1, -0.05) is 17.3 Å². The van der Waals surface area contributed by atoms with E-state index in [0.717, 1.165) is 0 Å². The van der Waals surface area contributed by atoms with Crippen molar-refractivity contribution in [2.75, 3.05) is 0 Å². The van der Waals surface area contributed by atoms with Gasteiger partial charge in [-0.15, -0.1) is 5.10 Å². The molecule has 1 aromatic heterocycles. The van der Waals surface area contributed by atoms with Crippen LogP contribution in [0.2, 0.25) is 0 Å². The van der Waals surface area contributed by atoms with Crippen molar-refractivity contribution in [2.45, 2.75) is 33.2 Å². The van der Waals surface area contributed by atoms with Gasteiger partial charge in [0.15, 0.2) is 0 Å². The van der Waals surface area contributed by atoms with E-state index in [-0.39, 0.29) is 5.56 Å². The average Bonchev–Trinajstić information content (AvgIpc) is 2.41. The zero-order valence-electron chi connectivity index (χ0n) is 11.5. The van der Waals surface area contributed by atoms with Gasteiger partial charge in [0.1, 0.15) is 5.52 Å². The molecule has 0 amide bonds. The van der Waals surface area contributed by atoms with Gasteiger partial charge in [-0.05, 0) is 38.8 Å². The van der Waals surface area contributed by atoms with Gasteiger partial charge in [0.2, 0.25) is 0 Å². The molecule has 1 aromatic carbocycles. The maximum atomic E-state index is 12.2. The van der Waals surface area contributed by atoms with Crippen molar-refractivity contribution in [1.82, 2.24) is 15.0 Å². The van der Waals surface area contributed by atoms with Crippen molar-refractivity contribution < 1.29 is 9.90 Å². The van der Waals surface area contributed by atoms with Crippen molar-refractivity contribution >= 4 is 16.9 Å². The van der Waals surface area contributed by atoms with Crippen LogP contribution < -0.4 is 5.56 Å². The second-order valence-electron chi connectivity index (χ2n) is 5.43. The summed E-state index contributed by atoms with van der Waals surface area (Å²) in [5.74, 6) is -0.838. The van der Waals surface area contributed by atoms with Crippen molar-refractivity contribution in [1.29, 1.82) is 0 Å². The van der Waals surface area contributed by atoms with E-state index in [1.165, 1.54) is 4.68 Å². The number of carbonyl (C=O) groups is 1. The predicted octanol–water partition coefficient (Wildman–Crippen LogP) is 1.68. The molecule has 0 radical (unpaired) electrons. The van der Waals surface area contributed by atoms with Crippen LogP contribution in [0.25, 0.3) is 10.9 Å². The fourth-order valence-corrected chi connectivity index (χ4v) is 1.95. The van der Waals surface area contributed by atoms with E-state index < -0.39 is 11.4 Å². The number of hydrogen-bond donors (Lipinski definition) is 1. The summed E-state index contributed by atoms with van der Waals surface area (Å²) in [6.07, 6.45) is 1.04. The van der Waals surface area contributed by atoms with Gasteiger partial charge in [-0.2, -0.15) is 0 Å². The number of hydrogen-bond acceptors (Lipinski definition) is 4. The summed E-state index contributed by atoms with van der Waals surface area (Å²) in [7, 11) is 0. The molecule has 1 N–H and O–H groups in total. The number of nitrogens with zero attached hydrogens (tertiary/aromatic N) is 3. The highest BCUT2D eigenvalue weighted by Crippen LogP contribution is 2.22. The normalized spacial score (nSPS) is 11.7. The lowest BCUT2D eigenvalue weighted by Crippen LogP contribution is -2.27. The van der Waals surface area contributed by atoms with E-state index in [9.17, 15) is 9.59 Å². The second-order valence-corrected chi connectivity index (χ2v) is 5.43. The van der Waals surface area contributed by atoms with Crippen LogP contribution in [0.4, 0.5) is 0 Å². The fraction of sp³-hybridized carbons (Fsp3) is 0.429. The van der Waals surface area contributed by atoms with Crippen molar-refractivity contribution in [3.63, 3.8) is 0 Å². The fourth-order valence-electron chi connectivity index (χ4n) is 1.95. The van der Waals surface area contributed by atoms with Gasteiger partial charge in [0.25, 0.3) is 5.56 Å². The summed E-state index contributed by atoms with van der Waals surface area (Å²) in [6, 6.07) is 7.03. The topological polar surface area (TPSA) is 85.1 Å². The molecule has 0 unspecified atom stereocenters. The summed E-state index contributed by atoms with van der Waals surface area (Å²) < 4.78 is 1.29. The molecule has 0 fully saturated rings. The molecule has 106 valence electrons. The summed E-state index contributed by atoms with van der Waals surface area (Å²) >= 11 is 0. The summed E-state index contributed by atoms with van der Waals surface area (Å²) in [6.45, 7) is 3.71. The number of rotatable bonds is 5. The molecule has 6 heteroatoms. The first-order chi connectivity index (χ1) is 9.42. The number of aromatic nitrogens is 3. The van der Waals surface area contributed by atoms with Crippen LogP contribution in [0.3, 0.4) is 0 Å². The Hall–Kier alpha value is -2.24. The van der Waals surface area contributed by atoms with Crippen molar-refractivity contribution in [3.8, 4) is 0 Å². The Morgan fingerprint density at radius 3 is 2.75 bits per heavy atom. The highest BCUT2D eigenvalue weighted by atomic mass is 16.4. The van der Waals surface area contributed by atoms with E-state index in [0.29, 0.717) is 30.3 Å². The molecular formula is C14H17N3O3. The van der Waals surface area contributed by atoms with E-state index in [4.69, 9.17) is 5.11 Å². The Labute approximate surface area is 116 Å². The number of benzene rings is 1. The number of aliphatic carboxylic acids is 1. The predicted molar refractivity (Wildman–Crippen MR) is 74.4 cm³/mol. The number of fused-ring (bicyclic) bond motifs is 1. The molecule has 0 aliphatic carbocycles. The molecule has 0 atom stereocenters. The van der Waals surface area contributed by atoms with Gasteiger partial charge < -0.3 is 5.11 Å². The number of carboxylic acid groups (broad SMARTS) is 1. The molecule has 2 aromatic rings. The van der Waals surface area contributed by atoms with Crippen molar-refractivity contribution in [3.05, 3.63) is 34.6 Å². The Bertz CT molecular complexity index is 691. The maximum Gasteiger partial charge on any atom is 0.309 e. The third kappa shape index (κ3) is 2.84. The Balaban J connectivity index is 2.13. The highest BCUT2D eigenvalue weighted by molar-refractivity contribution is 5.76. The first-order valence-corrected chi connectivity index (χ1v) is 6.48. The molecule has 20 heavy (non-hydrogen) atoms. The third-order valence-corrected chi connectivity index (χ3v) is 3.38. The Morgan fingerprint density at radius 2 is 2.05 bits per heavy atom. The molecule has 0 spiro atoms. The molecule has 0 aliphatic heterocycles. The van der Waals surface area contributed by atoms with Crippen LogP contribution in [0.15, 0.2) is 29.1 Å². The average molecular weight is 275 g/mol. The maximum absolute atomic E-state index is 12.2. The Morgan fingerprint density at radius 1 is 1.35 bits per heavy atom. The highest BCUT2D eigenvalue weighted by Gasteiger charge is 2.26. The monoisotopic (exact) mass is 275 g/mol. The lowest BCUT2D eigenvalue weighted by molar-refractivity contribution is -0.147. The van der Waals surface area contributed by atoms with Gasteiger partial charge in [0, 0.05) is 6.54 Å². The van der Waals surface area contributed by atoms with Crippen LogP contribution >= 0.6 is 0 Å². The molecule has 0 saturated heterocycles. The van der Waals surface area contributed by atoms with Crippen LogP contribution in [0.1, 0.15) is 26.7 Å². The van der Waals surface area contributed by atoms with Gasteiger partial charge in [0.05, 0.1) is 10.8 Å². The van der Waals surface area contributed by atoms with Crippen LogP contribution in [-0.2, 0) is 11.3 Å². The van der Waals surface area contributed by atoms with Gasteiger partial charge in [-0.3, -0.25) is 9.59 Å². The standard InChI is InChI=1S/C14H17N3O3/c1-14(2,13(19)20)8-5-9-17-12(18)10-6-3-4-7-11(10)15-16-17/h3-4,6-7H,5,8-9H2,1-2H3,(H,19,20). The smallest absolute Gasteiger partial charge is 0.309 e. The third-order valence-electron chi connectivity index (χ3n) is 3.38. The lowest BCUT2D eigenvalue weighted by atomic mass is 9.88. The Kier molecular flexibility index (Phi) is 3.83. The van der Waals surface area contributed by atoms with Crippen LogP contribution in [0, 0.1) is 5.41 Å². The molecule has 0 bridgehead atoms. The molecule has 0 aliphatic rings. The molecule has 0 saturated carbocycles. The molecular weight excluding hydrogens is 258 g/mol. The molecule has 1 heterocycles. The van der Waals surface area contributed by atoms with Gasteiger partial charge in [-0.25, -0.2) is 4.68 Å². The SMILES string of the molecule is CC(C)(CCCn1nnc2ccccc2c1=O)C(=O)O. The second kappa shape index (κ2) is 5.40. The minimum Gasteiger partial charge on any atom is -0.481 e. The summed E-state index contributed by atoms with van der Waals surface area (Å²) in [5, 5.41) is 17.4. The molecule has 2 rings (SSSR count). The lowest BCUT2D eigenvalue weighted by Gasteiger charge is -2.18. The molecule has 6 nitrogen and oxygen atoms in total. The van der Waals surface area contributed by atoms with E-state index in [2.05, 4.69) is 10.3 Å². The van der Waals surface area contributed by atoms with Crippen LogP contribution in [0.5, 0.6) is 0 Å². The largest absolute Gasteiger partial charge is 0.481 e. The quantitative estimate of drug-likeness (QED) is 0.897. The first-order valence-electron chi connectivity index (χ1n) is 6.48. The number of aryl methyl sites for hydroxylation is 1. The van der Waals surface area contributed by atoms with Gasteiger partial charge >= 0.3 is 5.97 Å². The minimum atomic E-state index is -0.838. The van der Waals surface area contributed by atoms with Crippen LogP contribution in [-0.4, -0.2) is 26.1 Å². The zero-order valence-corrected chi connectivity index (χ0v) is 11.5. The number of carboxylic acids is 1.